The van der Waals surface area contributed by atoms with E-state index in [0.29, 0.717) is 0 Å². The van der Waals surface area contributed by atoms with Crippen molar-refractivity contribution in [3.63, 3.8) is 0 Å². The Bertz CT molecular complexity index is 450. The molecule has 80 valence electrons. The second kappa shape index (κ2) is 4.53. The Morgan fingerprint density at radius 2 is 2.20 bits per heavy atom. The van der Waals surface area contributed by atoms with E-state index in [1.54, 1.807) is 0 Å². The molecule has 4 heteroatoms. The van der Waals surface area contributed by atoms with Gasteiger partial charge in [-0.15, -0.1) is 11.6 Å². The van der Waals surface area contributed by atoms with Gasteiger partial charge in [-0.05, 0) is 31.0 Å². The standard InChI is InChI=1S/C11H14ClN3/c12-5-1-2-6-15-8-14-10-7-9(13)3-4-11(10)15/h3-4,7-8H,1-2,5-6,13H2. The van der Waals surface area contributed by atoms with Crippen molar-refractivity contribution in [2.75, 3.05) is 11.6 Å². The Balaban J connectivity index is 2.21. The van der Waals surface area contributed by atoms with Gasteiger partial charge in [0.15, 0.2) is 0 Å². The fraction of sp³-hybridized carbons (Fsp3) is 0.364. The summed E-state index contributed by atoms with van der Waals surface area (Å²) in [6.07, 6.45) is 3.98. The van der Waals surface area contributed by atoms with Gasteiger partial charge in [0, 0.05) is 18.1 Å². The molecule has 1 aromatic heterocycles. The first-order chi connectivity index (χ1) is 7.31. The molecule has 2 N–H and O–H groups in total. The molecule has 0 atom stereocenters. The SMILES string of the molecule is Nc1ccc2c(c1)ncn2CCCCCl. The van der Waals surface area contributed by atoms with Crippen molar-refractivity contribution in [3.8, 4) is 0 Å². The van der Waals surface area contributed by atoms with E-state index in [-0.39, 0.29) is 0 Å². The molecule has 0 unspecified atom stereocenters. The van der Waals surface area contributed by atoms with Crippen LogP contribution in [0.25, 0.3) is 11.0 Å². The summed E-state index contributed by atoms with van der Waals surface area (Å²) in [7, 11) is 0. The van der Waals surface area contributed by atoms with Gasteiger partial charge in [0.2, 0.25) is 0 Å². The van der Waals surface area contributed by atoms with E-state index in [2.05, 4.69) is 9.55 Å². The summed E-state index contributed by atoms with van der Waals surface area (Å²) in [6, 6.07) is 5.81. The fourth-order valence-corrected chi connectivity index (χ4v) is 1.82. The van der Waals surface area contributed by atoms with Crippen LogP contribution in [0, 0.1) is 0 Å². The number of anilines is 1. The maximum Gasteiger partial charge on any atom is 0.0958 e. The van der Waals surface area contributed by atoms with Crippen LogP contribution in [0.3, 0.4) is 0 Å². The summed E-state index contributed by atoms with van der Waals surface area (Å²) in [6.45, 7) is 0.965. The van der Waals surface area contributed by atoms with E-state index in [0.717, 1.165) is 42.0 Å². The number of nitrogens with two attached hydrogens (primary N) is 1. The summed E-state index contributed by atoms with van der Waals surface area (Å²) >= 11 is 5.64. The molecule has 0 bridgehead atoms. The quantitative estimate of drug-likeness (QED) is 0.492. The largest absolute Gasteiger partial charge is 0.399 e. The molecule has 0 saturated carbocycles. The summed E-state index contributed by atoms with van der Waals surface area (Å²) in [5.74, 6) is 0.722. The van der Waals surface area contributed by atoms with Crippen LogP contribution >= 0.6 is 11.6 Å². The van der Waals surface area contributed by atoms with Crippen LogP contribution in [-0.4, -0.2) is 15.4 Å². The molecule has 2 rings (SSSR count). The summed E-state index contributed by atoms with van der Waals surface area (Å²) < 4.78 is 2.14. The number of unbranched alkanes of at least 4 members (excludes halogenated alkanes) is 1. The molecule has 0 aliphatic rings. The highest BCUT2D eigenvalue weighted by molar-refractivity contribution is 6.17. The minimum atomic E-state index is 0.722. The molecular formula is C11H14ClN3. The Hall–Kier alpha value is -1.22. The fourth-order valence-electron chi connectivity index (χ4n) is 1.64. The van der Waals surface area contributed by atoms with Crippen molar-refractivity contribution < 1.29 is 0 Å². The van der Waals surface area contributed by atoms with Gasteiger partial charge < -0.3 is 10.3 Å². The molecule has 0 fully saturated rings. The molecule has 1 heterocycles. The lowest BCUT2D eigenvalue weighted by Crippen LogP contribution is -1.96. The van der Waals surface area contributed by atoms with E-state index in [9.17, 15) is 0 Å². The van der Waals surface area contributed by atoms with Crippen LogP contribution in [0.2, 0.25) is 0 Å². The zero-order valence-electron chi connectivity index (χ0n) is 8.49. The second-order valence-electron chi connectivity index (χ2n) is 3.58. The normalized spacial score (nSPS) is 11.0. The van der Waals surface area contributed by atoms with Gasteiger partial charge in [-0.1, -0.05) is 0 Å². The summed E-state index contributed by atoms with van der Waals surface area (Å²) in [5.41, 5.74) is 8.54. The Morgan fingerprint density at radius 3 is 3.00 bits per heavy atom. The highest BCUT2D eigenvalue weighted by Gasteiger charge is 2.01. The number of nitrogen functional groups attached to an aromatic ring is 1. The number of aromatic nitrogens is 2. The number of imidazole rings is 1. The van der Waals surface area contributed by atoms with Crippen molar-refractivity contribution in [2.45, 2.75) is 19.4 Å². The number of benzene rings is 1. The topological polar surface area (TPSA) is 43.8 Å². The van der Waals surface area contributed by atoms with Crippen molar-refractivity contribution in [2.24, 2.45) is 0 Å². The maximum absolute atomic E-state index is 5.69. The molecule has 0 radical (unpaired) electrons. The Labute approximate surface area is 93.9 Å². The van der Waals surface area contributed by atoms with Crippen LogP contribution in [0.1, 0.15) is 12.8 Å². The average Bonchev–Trinajstić information content (AvgIpc) is 2.61. The number of halogens is 1. The number of hydrogen-bond acceptors (Lipinski definition) is 2. The van der Waals surface area contributed by atoms with Gasteiger partial charge in [-0.2, -0.15) is 0 Å². The lowest BCUT2D eigenvalue weighted by Gasteiger charge is -2.02. The predicted molar refractivity (Wildman–Crippen MR) is 64.1 cm³/mol. The molecule has 3 nitrogen and oxygen atoms in total. The van der Waals surface area contributed by atoms with Gasteiger partial charge in [0.1, 0.15) is 0 Å². The zero-order chi connectivity index (χ0) is 10.7. The van der Waals surface area contributed by atoms with Crippen LogP contribution in [0.5, 0.6) is 0 Å². The minimum Gasteiger partial charge on any atom is -0.399 e. The van der Waals surface area contributed by atoms with Crippen molar-refractivity contribution >= 4 is 28.3 Å². The number of rotatable bonds is 4. The second-order valence-corrected chi connectivity index (χ2v) is 3.96. The molecular weight excluding hydrogens is 210 g/mol. The van der Waals surface area contributed by atoms with Gasteiger partial charge in [-0.25, -0.2) is 4.98 Å². The minimum absolute atomic E-state index is 0.722. The molecule has 15 heavy (non-hydrogen) atoms. The van der Waals surface area contributed by atoms with Crippen LogP contribution in [0.4, 0.5) is 5.69 Å². The van der Waals surface area contributed by atoms with Gasteiger partial charge in [0.05, 0.1) is 17.4 Å². The Kier molecular flexibility index (Phi) is 3.11. The first-order valence-corrected chi connectivity index (χ1v) is 5.61. The molecule has 0 aliphatic carbocycles. The summed E-state index contributed by atoms with van der Waals surface area (Å²) in [4.78, 5) is 4.31. The maximum atomic E-state index is 5.69. The van der Waals surface area contributed by atoms with E-state index in [1.165, 1.54) is 0 Å². The van der Waals surface area contributed by atoms with Crippen LogP contribution in [0.15, 0.2) is 24.5 Å². The molecule has 0 amide bonds. The predicted octanol–water partition coefficient (Wildman–Crippen LogP) is 2.64. The molecule has 2 aromatic rings. The smallest absolute Gasteiger partial charge is 0.0958 e. The summed E-state index contributed by atoms with van der Waals surface area (Å²) in [5, 5.41) is 0. The van der Waals surface area contributed by atoms with E-state index >= 15 is 0 Å². The van der Waals surface area contributed by atoms with E-state index in [1.807, 2.05) is 24.5 Å². The highest BCUT2D eigenvalue weighted by Crippen LogP contribution is 2.16. The number of aryl methyl sites for hydroxylation is 1. The first kappa shape index (κ1) is 10.3. The van der Waals surface area contributed by atoms with Crippen molar-refractivity contribution in [1.29, 1.82) is 0 Å². The third-order valence-electron chi connectivity index (χ3n) is 2.43. The van der Waals surface area contributed by atoms with Gasteiger partial charge >= 0.3 is 0 Å². The Morgan fingerprint density at radius 1 is 1.33 bits per heavy atom. The zero-order valence-corrected chi connectivity index (χ0v) is 9.24. The lowest BCUT2D eigenvalue weighted by molar-refractivity contribution is 0.648. The van der Waals surface area contributed by atoms with E-state index in [4.69, 9.17) is 17.3 Å². The molecule has 0 aliphatic heterocycles. The van der Waals surface area contributed by atoms with Gasteiger partial charge in [0.25, 0.3) is 0 Å². The first-order valence-electron chi connectivity index (χ1n) is 5.07. The van der Waals surface area contributed by atoms with Crippen molar-refractivity contribution in [3.05, 3.63) is 24.5 Å². The van der Waals surface area contributed by atoms with Gasteiger partial charge in [-0.3, -0.25) is 0 Å². The number of nitrogens with zero attached hydrogens (tertiary/aromatic N) is 2. The van der Waals surface area contributed by atoms with Crippen LogP contribution in [-0.2, 0) is 6.54 Å². The number of alkyl halides is 1. The third-order valence-corrected chi connectivity index (χ3v) is 2.70. The molecule has 0 saturated heterocycles. The van der Waals surface area contributed by atoms with Crippen LogP contribution < -0.4 is 5.73 Å². The van der Waals surface area contributed by atoms with Crippen molar-refractivity contribution in [1.82, 2.24) is 9.55 Å². The average molecular weight is 224 g/mol. The molecule has 0 spiro atoms. The molecule has 1 aromatic carbocycles. The third kappa shape index (κ3) is 2.23. The van der Waals surface area contributed by atoms with E-state index < -0.39 is 0 Å². The highest BCUT2D eigenvalue weighted by atomic mass is 35.5. The number of hydrogen-bond donors (Lipinski definition) is 1. The monoisotopic (exact) mass is 223 g/mol. The number of fused-ring (bicyclic) bond motifs is 1. The lowest BCUT2D eigenvalue weighted by atomic mass is 10.2.